The lowest BCUT2D eigenvalue weighted by Gasteiger charge is -2.15. The lowest BCUT2D eigenvalue weighted by molar-refractivity contribution is -0.137. The molecule has 0 spiro atoms. The van der Waals surface area contributed by atoms with Gasteiger partial charge in [-0.15, -0.1) is 0 Å². The number of aromatic nitrogens is 2. The topological polar surface area (TPSA) is 92.4 Å². The lowest BCUT2D eigenvalue weighted by Crippen LogP contribution is -2.21. The number of anilines is 1. The number of halogens is 3. The van der Waals surface area contributed by atoms with E-state index < -0.39 is 17.8 Å². The van der Waals surface area contributed by atoms with Gasteiger partial charge in [-0.05, 0) is 42.3 Å². The first kappa shape index (κ1) is 30.3. The van der Waals surface area contributed by atoms with Gasteiger partial charge in [0.05, 0.1) is 34.4 Å². The third-order valence-electron chi connectivity index (χ3n) is 7.28. The Hall–Kier alpha value is -5.71. The lowest BCUT2D eigenvalue weighted by atomic mass is 10.0. The summed E-state index contributed by atoms with van der Waals surface area (Å²) in [7, 11) is 0. The van der Waals surface area contributed by atoms with Crippen LogP contribution >= 0.6 is 0 Å². The largest absolute Gasteiger partial charge is 0.444 e. The number of guanidine groups is 1. The molecule has 3 heterocycles. The van der Waals surface area contributed by atoms with Gasteiger partial charge in [-0.2, -0.15) is 13.2 Å². The minimum absolute atomic E-state index is 0.0886. The van der Waals surface area contributed by atoms with Crippen LogP contribution in [0.4, 0.5) is 23.7 Å². The van der Waals surface area contributed by atoms with Gasteiger partial charge >= 0.3 is 12.3 Å². The molecule has 0 unspecified atom stereocenters. The molecule has 0 bridgehead atoms. The quantitative estimate of drug-likeness (QED) is 0.191. The Kier molecular flexibility index (Phi) is 8.64. The van der Waals surface area contributed by atoms with Crippen molar-refractivity contribution in [3.63, 3.8) is 0 Å². The number of carbonyl (C=O) groups is 1. The van der Waals surface area contributed by atoms with Crippen LogP contribution < -0.4 is 10.6 Å². The van der Waals surface area contributed by atoms with Gasteiger partial charge in [-0.1, -0.05) is 78.9 Å². The summed E-state index contributed by atoms with van der Waals surface area (Å²) in [6.45, 7) is 2.04. The number of allylic oxidation sites excluding steroid dienone is 1. The van der Waals surface area contributed by atoms with E-state index in [9.17, 15) is 18.0 Å². The predicted molar refractivity (Wildman–Crippen MR) is 172 cm³/mol. The van der Waals surface area contributed by atoms with Crippen LogP contribution in [0.3, 0.4) is 0 Å². The number of carbonyl (C=O) groups excluding carboxylic acids is 1. The highest BCUT2D eigenvalue weighted by atomic mass is 19.4. The molecule has 0 aliphatic carbocycles. The average molecular weight is 623 g/mol. The summed E-state index contributed by atoms with van der Waals surface area (Å²) in [5.41, 5.74) is 3.49. The van der Waals surface area contributed by atoms with Gasteiger partial charge in [0, 0.05) is 24.4 Å². The number of fused-ring (bicyclic) bond motifs is 1. The van der Waals surface area contributed by atoms with Gasteiger partial charge < -0.3 is 10.1 Å². The van der Waals surface area contributed by atoms with Gasteiger partial charge in [0.1, 0.15) is 12.3 Å². The minimum atomic E-state index is -4.53. The summed E-state index contributed by atoms with van der Waals surface area (Å²) in [6, 6.07) is 27.2. The van der Waals surface area contributed by atoms with Crippen LogP contribution in [0.1, 0.15) is 41.8 Å². The standard InChI is InChI=1S/C35H29F3N6O2/c1-23(25-12-6-3-7-13-25)40-33-39-19-9-16-29(42-33)32-31(26-14-8-15-27(20-26)35(36,37)38)43-30-18-17-28(21-44(30)32)41-34(45)46-22-24-10-4-2-5-11-24/h2-8,10-21,23H,9,22H2,1H3,(H,40,42)(H,41,45)/t23-/m0/s1. The molecule has 5 aromatic rings. The summed E-state index contributed by atoms with van der Waals surface area (Å²) >= 11 is 0. The van der Waals surface area contributed by atoms with Crippen LogP contribution in [-0.2, 0) is 17.5 Å². The van der Waals surface area contributed by atoms with Crippen molar-refractivity contribution in [2.45, 2.75) is 32.2 Å². The molecular formula is C35H29F3N6O2. The van der Waals surface area contributed by atoms with E-state index >= 15 is 0 Å². The third-order valence-corrected chi connectivity index (χ3v) is 7.28. The van der Waals surface area contributed by atoms with Crippen molar-refractivity contribution in [1.82, 2.24) is 14.7 Å². The van der Waals surface area contributed by atoms with E-state index in [1.807, 2.05) is 73.7 Å². The Labute approximate surface area is 263 Å². The maximum atomic E-state index is 13.7. The molecule has 1 aliphatic rings. The van der Waals surface area contributed by atoms with E-state index in [2.05, 4.69) is 15.6 Å². The molecule has 0 radical (unpaired) electrons. The zero-order valence-electron chi connectivity index (χ0n) is 24.7. The van der Waals surface area contributed by atoms with Crippen molar-refractivity contribution in [2.75, 3.05) is 5.32 Å². The molecule has 11 heteroatoms. The summed E-state index contributed by atoms with van der Waals surface area (Å²) in [5, 5.41) is 6.01. The highest BCUT2D eigenvalue weighted by Crippen LogP contribution is 2.35. The van der Waals surface area contributed by atoms with Gasteiger partial charge in [-0.3, -0.25) is 9.72 Å². The summed E-state index contributed by atoms with van der Waals surface area (Å²) < 4.78 is 48.3. The van der Waals surface area contributed by atoms with Crippen molar-refractivity contribution in [3.8, 4) is 11.3 Å². The molecule has 0 saturated carbocycles. The number of amides is 1. The maximum Gasteiger partial charge on any atom is 0.416 e. The highest BCUT2D eigenvalue weighted by molar-refractivity contribution is 5.98. The Balaban J connectivity index is 1.38. The number of rotatable bonds is 7. The van der Waals surface area contributed by atoms with Crippen LogP contribution in [0.5, 0.6) is 0 Å². The molecule has 46 heavy (non-hydrogen) atoms. The van der Waals surface area contributed by atoms with E-state index in [4.69, 9.17) is 14.7 Å². The van der Waals surface area contributed by atoms with Crippen molar-refractivity contribution in [1.29, 1.82) is 0 Å². The molecule has 3 aromatic carbocycles. The summed E-state index contributed by atoms with van der Waals surface area (Å²) in [5.74, 6) is 0.337. The van der Waals surface area contributed by atoms with Crippen molar-refractivity contribution >= 4 is 35.3 Å². The molecule has 232 valence electrons. The fourth-order valence-corrected chi connectivity index (χ4v) is 5.02. The molecular weight excluding hydrogens is 593 g/mol. The maximum absolute atomic E-state index is 13.7. The fourth-order valence-electron chi connectivity index (χ4n) is 5.02. The molecule has 1 amide bonds. The number of aliphatic imine (C=N–C) groups is 2. The van der Waals surface area contributed by atoms with Crippen molar-refractivity contribution in [2.24, 2.45) is 9.98 Å². The molecule has 2 aromatic heterocycles. The van der Waals surface area contributed by atoms with Gasteiger partial charge in [-0.25, -0.2) is 19.8 Å². The monoisotopic (exact) mass is 622 g/mol. The Morgan fingerprint density at radius 3 is 2.54 bits per heavy atom. The number of alkyl halides is 3. The van der Waals surface area contributed by atoms with Gasteiger partial charge in [0.2, 0.25) is 5.96 Å². The zero-order valence-corrected chi connectivity index (χ0v) is 24.7. The number of hydrogen-bond acceptors (Lipinski definition) is 4. The molecule has 1 atom stereocenters. The molecule has 0 saturated heterocycles. The average Bonchev–Trinajstić information content (AvgIpc) is 3.29. The summed E-state index contributed by atoms with van der Waals surface area (Å²) in [4.78, 5) is 26.6. The SMILES string of the molecule is C[C@H](N=C1N=CCC=C(c2c(-c3cccc(C(F)(F)F)c3)nc3ccc(NC(=O)OCc4ccccc4)cn23)N1)c1ccccc1. The molecule has 8 nitrogen and oxygen atoms in total. The third kappa shape index (κ3) is 6.99. The van der Waals surface area contributed by atoms with Crippen LogP contribution in [0.25, 0.3) is 22.6 Å². The Bertz CT molecular complexity index is 1950. The molecule has 0 fully saturated rings. The smallest absolute Gasteiger partial charge is 0.416 e. The molecule has 1 aliphatic heterocycles. The molecule has 2 N–H and O–H groups in total. The number of hydrogen-bond donors (Lipinski definition) is 2. The van der Waals surface area contributed by atoms with Crippen molar-refractivity contribution < 1.29 is 22.7 Å². The van der Waals surface area contributed by atoms with E-state index in [0.29, 0.717) is 40.8 Å². The minimum Gasteiger partial charge on any atom is -0.444 e. The van der Waals surface area contributed by atoms with E-state index in [1.165, 1.54) is 6.07 Å². The second-order valence-electron chi connectivity index (χ2n) is 10.5. The Morgan fingerprint density at radius 1 is 1.02 bits per heavy atom. The number of benzene rings is 3. The second kappa shape index (κ2) is 13.1. The van der Waals surface area contributed by atoms with E-state index in [1.54, 1.807) is 35.0 Å². The first-order chi connectivity index (χ1) is 22.2. The number of ether oxygens (including phenoxy) is 1. The van der Waals surface area contributed by atoms with E-state index in [-0.39, 0.29) is 18.2 Å². The first-order valence-corrected chi connectivity index (χ1v) is 14.5. The van der Waals surface area contributed by atoms with E-state index in [0.717, 1.165) is 23.3 Å². The van der Waals surface area contributed by atoms with Crippen LogP contribution in [0.15, 0.2) is 119 Å². The Morgan fingerprint density at radius 2 is 1.78 bits per heavy atom. The highest BCUT2D eigenvalue weighted by Gasteiger charge is 2.31. The first-order valence-electron chi connectivity index (χ1n) is 14.5. The number of pyridine rings is 1. The zero-order chi connectivity index (χ0) is 32.1. The fraction of sp³-hybridized carbons (Fsp3) is 0.143. The summed E-state index contributed by atoms with van der Waals surface area (Å²) in [6.07, 6.45) is 0.463. The normalized spacial score (nSPS) is 14.8. The second-order valence-corrected chi connectivity index (χ2v) is 10.5. The van der Waals surface area contributed by atoms with Crippen LogP contribution in [0, 0.1) is 0 Å². The predicted octanol–water partition coefficient (Wildman–Crippen LogP) is 8.29. The van der Waals surface area contributed by atoms with Crippen LogP contribution in [0.2, 0.25) is 0 Å². The number of imidazole rings is 1. The molecule has 6 rings (SSSR count). The van der Waals surface area contributed by atoms with Gasteiger partial charge in [0.25, 0.3) is 0 Å². The number of nitrogens with zero attached hydrogens (tertiary/aromatic N) is 4. The van der Waals surface area contributed by atoms with Crippen molar-refractivity contribution in [3.05, 3.63) is 132 Å². The number of nitrogens with one attached hydrogen (secondary N) is 2. The van der Waals surface area contributed by atoms with Gasteiger partial charge in [0.15, 0.2) is 0 Å². The van der Waals surface area contributed by atoms with Crippen LogP contribution in [-0.4, -0.2) is 27.7 Å².